The van der Waals surface area contributed by atoms with Crippen LogP contribution >= 0.6 is 0 Å². The molecule has 96 valence electrons. The Balaban J connectivity index is 1.86. The number of esters is 1. The van der Waals surface area contributed by atoms with Crippen LogP contribution in [0.4, 0.5) is 0 Å². The SMILES string of the molecule is COC1CC(C)C2(C1)CC1(CCCC1)OC2=O. The third kappa shape index (κ3) is 1.55. The van der Waals surface area contributed by atoms with E-state index in [2.05, 4.69) is 6.92 Å². The molecule has 3 nitrogen and oxygen atoms in total. The molecule has 0 N–H and O–H groups in total. The van der Waals surface area contributed by atoms with Crippen LogP contribution in [0.25, 0.3) is 0 Å². The maximum Gasteiger partial charge on any atom is 0.313 e. The Morgan fingerprint density at radius 3 is 2.65 bits per heavy atom. The largest absolute Gasteiger partial charge is 0.459 e. The fourth-order valence-electron chi connectivity index (χ4n) is 4.30. The lowest BCUT2D eigenvalue weighted by Gasteiger charge is -2.25. The molecule has 0 bridgehead atoms. The molecule has 1 aliphatic heterocycles. The normalized spacial score (nSPS) is 43.8. The van der Waals surface area contributed by atoms with E-state index in [-0.39, 0.29) is 23.1 Å². The van der Waals surface area contributed by atoms with Gasteiger partial charge in [-0.2, -0.15) is 0 Å². The van der Waals surface area contributed by atoms with Crippen molar-refractivity contribution in [2.45, 2.75) is 63.6 Å². The lowest BCUT2D eigenvalue weighted by Crippen LogP contribution is -2.30. The van der Waals surface area contributed by atoms with E-state index in [1.165, 1.54) is 12.8 Å². The van der Waals surface area contributed by atoms with Gasteiger partial charge in [0.05, 0.1) is 11.5 Å². The molecule has 0 radical (unpaired) electrons. The summed E-state index contributed by atoms with van der Waals surface area (Å²) >= 11 is 0. The van der Waals surface area contributed by atoms with E-state index >= 15 is 0 Å². The van der Waals surface area contributed by atoms with Gasteiger partial charge in [-0.25, -0.2) is 0 Å². The number of carbonyl (C=O) groups is 1. The molecule has 3 aliphatic rings. The molecular formula is C14H22O3. The molecule has 2 saturated carbocycles. The molecule has 0 aromatic rings. The van der Waals surface area contributed by atoms with Gasteiger partial charge in [-0.05, 0) is 44.4 Å². The highest BCUT2D eigenvalue weighted by Crippen LogP contribution is 2.58. The van der Waals surface area contributed by atoms with Crippen LogP contribution in [0.15, 0.2) is 0 Å². The van der Waals surface area contributed by atoms with Crippen molar-refractivity contribution in [1.29, 1.82) is 0 Å². The number of ether oxygens (including phenoxy) is 2. The summed E-state index contributed by atoms with van der Waals surface area (Å²) in [5, 5.41) is 0. The zero-order chi connectivity index (χ0) is 12.1. The van der Waals surface area contributed by atoms with Crippen molar-refractivity contribution in [2.75, 3.05) is 7.11 Å². The Morgan fingerprint density at radius 1 is 1.35 bits per heavy atom. The van der Waals surface area contributed by atoms with Crippen molar-refractivity contribution < 1.29 is 14.3 Å². The van der Waals surface area contributed by atoms with Gasteiger partial charge in [0.2, 0.25) is 0 Å². The van der Waals surface area contributed by atoms with Crippen LogP contribution in [-0.4, -0.2) is 24.8 Å². The highest BCUT2D eigenvalue weighted by Gasteiger charge is 2.62. The second kappa shape index (κ2) is 3.71. The Bertz CT molecular complexity index is 332. The zero-order valence-electron chi connectivity index (χ0n) is 10.8. The lowest BCUT2D eigenvalue weighted by molar-refractivity contribution is -0.155. The van der Waals surface area contributed by atoms with Crippen LogP contribution in [0.2, 0.25) is 0 Å². The van der Waals surface area contributed by atoms with E-state index in [0.717, 1.165) is 32.1 Å². The summed E-state index contributed by atoms with van der Waals surface area (Å²) in [6, 6.07) is 0. The van der Waals surface area contributed by atoms with Crippen molar-refractivity contribution in [3.8, 4) is 0 Å². The number of hydrogen-bond donors (Lipinski definition) is 0. The second-order valence-corrected chi connectivity index (χ2v) is 6.31. The molecule has 3 unspecified atom stereocenters. The van der Waals surface area contributed by atoms with E-state index in [0.29, 0.717) is 5.92 Å². The zero-order valence-corrected chi connectivity index (χ0v) is 10.8. The van der Waals surface area contributed by atoms with Crippen molar-refractivity contribution >= 4 is 5.97 Å². The standard InChI is InChI=1S/C14H22O3/c1-10-7-11(16-2)8-14(10)9-13(17-12(14)15)5-3-4-6-13/h10-11H,3-9H2,1-2H3. The van der Waals surface area contributed by atoms with Gasteiger partial charge in [-0.3, -0.25) is 4.79 Å². The smallest absolute Gasteiger partial charge is 0.313 e. The average molecular weight is 238 g/mol. The summed E-state index contributed by atoms with van der Waals surface area (Å²) in [7, 11) is 1.75. The highest BCUT2D eigenvalue weighted by molar-refractivity contribution is 5.80. The van der Waals surface area contributed by atoms with Crippen LogP contribution in [-0.2, 0) is 14.3 Å². The third-order valence-corrected chi connectivity index (χ3v) is 5.35. The Morgan fingerprint density at radius 2 is 2.06 bits per heavy atom. The molecule has 2 aliphatic carbocycles. The van der Waals surface area contributed by atoms with Crippen LogP contribution in [0.1, 0.15) is 51.9 Å². The maximum absolute atomic E-state index is 12.4. The fraction of sp³-hybridized carbons (Fsp3) is 0.929. The van der Waals surface area contributed by atoms with Gasteiger partial charge in [-0.1, -0.05) is 6.92 Å². The number of hydrogen-bond acceptors (Lipinski definition) is 3. The third-order valence-electron chi connectivity index (χ3n) is 5.35. The van der Waals surface area contributed by atoms with Gasteiger partial charge in [-0.15, -0.1) is 0 Å². The van der Waals surface area contributed by atoms with Gasteiger partial charge in [0.25, 0.3) is 0 Å². The maximum atomic E-state index is 12.4. The molecule has 3 heteroatoms. The summed E-state index contributed by atoms with van der Waals surface area (Å²) in [6.07, 6.45) is 7.63. The van der Waals surface area contributed by atoms with Gasteiger partial charge < -0.3 is 9.47 Å². The summed E-state index contributed by atoms with van der Waals surface area (Å²) < 4.78 is 11.3. The summed E-state index contributed by atoms with van der Waals surface area (Å²) in [4.78, 5) is 12.4. The number of carbonyl (C=O) groups excluding carboxylic acids is 1. The molecular weight excluding hydrogens is 216 g/mol. The molecule has 1 saturated heterocycles. The molecule has 0 aromatic heterocycles. The number of methoxy groups -OCH3 is 1. The Hall–Kier alpha value is -0.570. The topological polar surface area (TPSA) is 35.5 Å². The minimum Gasteiger partial charge on any atom is -0.459 e. The first-order valence-corrected chi connectivity index (χ1v) is 6.86. The van der Waals surface area contributed by atoms with Crippen LogP contribution in [0.5, 0.6) is 0 Å². The molecule has 2 spiro atoms. The first kappa shape index (κ1) is 11.5. The van der Waals surface area contributed by atoms with E-state index < -0.39 is 0 Å². The quantitative estimate of drug-likeness (QED) is 0.659. The summed E-state index contributed by atoms with van der Waals surface area (Å²) in [6.45, 7) is 2.19. The predicted octanol–water partition coefficient (Wildman–Crippen LogP) is 2.68. The van der Waals surface area contributed by atoms with Gasteiger partial charge in [0, 0.05) is 13.5 Å². The monoisotopic (exact) mass is 238 g/mol. The number of rotatable bonds is 1. The van der Waals surface area contributed by atoms with Gasteiger partial charge in [0.15, 0.2) is 0 Å². The molecule has 3 rings (SSSR count). The molecule has 3 fully saturated rings. The molecule has 0 aromatic carbocycles. The first-order valence-electron chi connectivity index (χ1n) is 6.86. The Labute approximate surface area is 103 Å². The molecule has 1 heterocycles. The van der Waals surface area contributed by atoms with E-state index in [9.17, 15) is 4.79 Å². The minimum absolute atomic E-state index is 0.0615. The summed E-state index contributed by atoms with van der Waals surface area (Å²) in [5.41, 5.74) is -0.334. The van der Waals surface area contributed by atoms with Crippen LogP contribution in [0.3, 0.4) is 0 Å². The van der Waals surface area contributed by atoms with E-state index in [1.807, 2.05) is 0 Å². The van der Waals surface area contributed by atoms with Crippen molar-refractivity contribution in [3.05, 3.63) is 0 Å². The fourth-order valence-corrected chi connectivity index (χ4v) is 4.30. The molecule has 0 amide bonds. The van der Waals surface area contributed by atoms with Crippen LogP contribution < -0.4 is 0 Å². The average Bonchev–Trinajstić information content (AvgIpc) is 2.93. The van der Waals surface area contributed by atoms with E-state index in [4.69, 9.17) is 9.47 Å². The van der Waals surface area contributed by atoms with Crippen molar-refractivity contribution in [3.63, 3.8) is 0 Å². The van der Waals surface area contributed by atoms with Crippen molar-refractivity contribution in [2.24, 2.45) is 11.3 Å². The second-order valence-electron chi connectivity index (χ2n) is 6.31. The van der Waals surface area contributed by atoms with E-state index in [1.54, 1.807) is 7.11 Å². The van der Waals surface area contributed by atoms with Crippen molar-refractivity contribution in [1.82, 2.24) is 0 Å². The van der Waals surface area contributed by atoms with Gasteiger partial charge in [0.1, 0.15) is 5.60 Å². The Kier molecular flexibility index (Phi) is 2.51. The van der Waals surface area contributed by atoms with Gasteiger partial charge >= 0.3 is 5.97 Å². The highest BCUT2D eigenvalue weighted by atomic mass is 16.6. The molecule has 3 atom stereocenters. The minimum atomic E-state index is -0.231. The molecule has 17 heavy (non-hydrogen) atoms. The van der Waals surface area contributed by atoms with Crippen LogP contribution in [0, 0.1) is 11.3 Å². The lowest BCUT2D eigenvalue weighted by atomic mass is 9.73. The predicted molar refractivity (Wildman–Crippen MR) is 63.5 cm³/mol. The first-order chi connectivity index (χ1) is 8.10. The summed E-state index contributed by atoms with van der Waals surface area (Å²) in [5.74, 6) is 0.464.